The highest BCUT2D eigenvalue weighted by molar-refractivity contribution is 6.11. The minimum atomic E-state index is -0.516. The fraction of sp³-hybridized carbons (Fsp3) is 0.276. The van der Waals surface area contributed by atoms with E-state index in [0.29, 0.717) is 35.5 Å². The van der Waals surface area contributed by atoms with Gasteiger partial charge in [-0.3, -0.25) is 4.79 Å². The molecule has 2 aromatic heterocycles. The van der Waals surface area contributed by atoms with Crippen molar-refractivity contribution in [1.29, 1.82) is 0 Å². The topological polar surface area (TPSA) is 85.2 Å². The van der Waals surface area contributed by atoms with E-state index in [0.717, 1.165) is 11.3 Å². The van der Waals surface area contributed by atoms with E-state index >= 15 is 0 Å². The van der Waals surface area contributed by atoms with E-state index < -0.39 is 5.97 Å². The Morgan fingerprint density at radius 2 is 1.78 bits per heavy atom. The lowest BCUT2D eigenvalue weighted by atomic mass is 10.1. The number of aromatic nitrogens is 2. The van der Waals surface area contributed by atoms with E-state index in [2.05, 4.69) is 43.5 Å². The van der Waals surface area contributed by atoms with Crippen LogP contribution in [-0.4, -0.2) is 28.5 Å². The average Bonchev–Trinajstić information content (AvgIpc) is 3.15. The molecule has 0 bridgehead atoms. The monoisotopic (exact) mass is 484 g/mol. The molecule has 4 rings (SSSR count). The summed E-state index contributed by atoms with van der Waals surface area (Å²) in [7, 11) is 1.35. The number of hydrogen-bond donors (Lipinski definition) is 2. The number of rotatable bonds is 9. The Hall–Kier alpha value is -4.13. The zero-order valence-corrected chi connectivity index (χ0v) is 21.2. The number of anilines is 2. The van der Waals surface area contributed by atoms with E-state index in [1.807, 2.05) is 53.1 Å². The summed E-state index contributed by atoms with van der Waals surface area (Å²) in [5, 5.41) is 7.11. The smallest absolute Gasteiger partial charge is 0.356 e. The number of hydrogen-bond acceptors (Lipinski definition) is 5. The molecule has 0 aliphatic carbocycles. The molecular weight excluding hydrogens is 452 g/mol. The number of nitrogens with zero attached hydrogens (tertiary/aromatic N) is 2. The number of aryl methyl sites for hydroxylation is 1. The Morgan fingerprint density at radius 3 is 2.47 bits per heavy atom. The lowest BCUT2D eigenvalue weighted by Crippen LogP contribution is -2.19. The third-order valence-corrected chi connectivity index (χ3v) is 6.04. The maximum atomic E-state index is 13.0. The van der Waals surface area contributed by atoms with Gasteiger partial charge in [-0.05, 0) is 35.6 Å². The van der Waals surface area contributed by atoms with Gasteiger partial charge in [0, 0.05) is 18.5 Å². The van der Waals surface area contributed by atoms with Crippen LogP contribution < -0.4 is 10.6 Å². The third kappa shape index (κ3) is 5.57. The summed E-state index contributed by atoms with van der Waals surface area (Å²) in [6.45, 7) is 7.40. The fourth-order valence-corrected chi connectivity index (χ4v) is 4.27. The number of nitrogens with one attached hydrogen (secondary N) is 2. The van der Waals surface area contributed by atoms with Gasteiger partial charge in [0.2, 0.25) is 5.91 Å². The van der Waals surface area contributed by atoms with Gasteiger partial charge >= 0.3 is 5.97 Å². The zero-order chi connectivity index (χ0) is 25.7. The van der Waals surface area contributed by atoms with Crippen LogP contribution in [0.3, 0.4) is 0 Å². The van der Waals surface area contributed by atoms with Gasteiger partial charge in [0.05, 0.1) is 31.1 Å². The Bertz CT molecular complexity index is 1380. The lowest BCUT2D eigenvalue weighted by Gasteiger charge is -2.12. The predicted octanol–water partition coefficient (Wildman–Crippen LogP) is 5.58. The molecule has 0 spiro atoms. The van der Waals surface area contributed by atoms with Gasteiger partial charge in [0.15, 0.2) is 5.69 Å². The number of methoxy groups -OCH3 is 1. The molecule has 2 aromatic carbocycles. The quantitative estimate of drug-likeness (QED) is 0.303. The summed E-state index contributed by atoms with van der Waals surface area (Å²) in [5.41, 5.74) is 5.41. The number of amides is 1. The van der Waals surface area contributed by atoms with Crippen molar-refractivity contribution in [2.45, 2.75) is 40.3 Å². The van der Waals surface area contributed by atoms with Gasteiger partial charge in [-0.15, -0.1) is 0 Å². The summed E-state index contributed by atoms with van der Waals surface area (Å²) < 4.78 is 6.97. The second kappa shape index (κ2) is 11.1. The van der Waals surface area contributed by atoms with Gasteiger partial charge in [-0.2, -0.15) is 0 Å². The fourth-order valence-electron chi connectivity index (χ4n) is 4.27. The SMILES string of the molecule is COC(=O)c1c(NC(=O)Cc2ccccc2)c2cc(NCc3ccccc3C)cnc2n1CC(C)C. The Morgan fingerprint density at radius 1 is 1.06 bits per heavy atom. The minimum Gasteiger partial charge on any atom is -0.464 e. The molecule has 0 saturated carbocycles. The number of ether oxygens (including phenoxy) is 1. The molecule has 2 heterocycles. The highest BCUT2D eigenvalue weighted by atomic mass is 16.5. The first-order chi connectivity index (χ1) is 17.4. The lowest BCUT2D eigenvalue weighted by molar-refractivity contribution is -0.115. The number of pyridine rings is 1. The summed E-state index contributed by atoms with van der Waals surface area (Å²) in [4.78, 5) is 30.7. The number of fused-ring (bicyclic) bond motifs is 1. The molecule has 36 heavy (non-hydrogen) atoms. The van der Waals surface area contributed by atoms with Gasteiger partial charge in [-0.1, -0.05) is 68.4 Å². The van der Waals surface area contributed by atoms with E-state index in [1.165, 1.54) is 18.2 Å². The number of benzene rings is 2. The molecule has 4 aromatic rings. The van der Waals surface area contributed by atoms with E-state index in [-0.39, 0.29) is 18.2 Å². The molecule has 0 saturated heterocycles. The summed E-state index contributed by atoms with van der Waals surface area (Å²) in [6.07, 6.45) is 1.95. The zero-order valence-electron chi connectivity index (χ0n) is 21.2. The number of carbonyl (C=O) groups is 2. The van der Waals surface area contributed by atoms with Crippen molar-refractivity contribution in [2.24, 2.45) is 5.92 Å². The van der Waals surface area contributed by atoms with E-state index in [1.54, 1.807) is 6.20 Å². The number of esters is 1. The highest BCUT2D eigenvalue weighted by Gasteiger charge is 2.26. The first-order valence-electron chi connectivity index (χ1n) is 12.1. The molecule has 2 N–H and O–H groups in total. The largest absolute Gasteiger partial charge is 0.464 e. The van der Waals surface area contributed by atoms with Crippen LogP contribution in [0, 0.1) is 12.8 Å². The number of carbonyl (C=O) groups excluding carboxylic acids is 2. The van der Waals surface area contributed by atoms with Crippen LogP contribution in [0.4, 0.5) is 11.4 Å². The first kappa shape index (κ1) is 25.0. The summed E-state index contributed by atoms with van der Waals surface area (Å²) in [5.74, 6) is -0.483. The molecule has 186 valence electrons. The van der Waals surface area contributed by atoms with Gasteiger partial charge in [0.25, 0.3) is 0 Å². The molecule has 0 atom stereocenters. The molecule has 0 radical (unpaired) electrons. The van der Waals surface area contributed by atoms with Gasteiger partial charge in [-0.25, -0.2) is 9.78 Å². The molecule has 0 unspecified atom stereocenters. The molecule has 0 aliphatic heterocycles. The van der Waals surface area contributed by atoms with E-state index in [4.69, 9.17) is 9.72 Å². The van der Waals surface area contributed by atoms with Gasteiger partial charge < -0.3 is 19.9 Å². The highest BCUT2D eigenvalue weighted by Crippen LogP contribution is 2.33. The van der Waals surface area contributed by atoms with Crippen molar-refractivity contribution in [3.63, 3.8) is 0 Å². The van der Waals surface area contributed by atoms with Crippen molar-refractivity contribution in [2.75, 3.05) is 17.7 Å². The average molecular weight is 485 g/mol. The van der Waals surface area contributed by atoms with Crippen LogP contribution in [0.1, 0.15) is 41.0 Å². The molecular formula is C29H32N4O3. The van der Waals surface area contributed by atoms with Crippen LogP contribution in [0.25, 0.3) is 11.0 Å². The molecule has 7 nitrogen and oxygen atoms in total. The predicted molar refractivity (Wildman–Crippen MR) is 143 cm³/mol. The normalized spacial score (nSPS) is 11.0. The van der Waals surface area contributed by atoms with Crippen LogP contribution in [0.5, 0.6) is 0 Å². The summed E-state index contributed by atoms with van der Waals surface area (Å²) in [6, 6.07) is 19.6. The minimum absolute atomic E-state index is 0.191. The van der Waals surface area contributed by atoms with Crippen molar-refractivity contribution in [1.82, 2.24) is 9.55 Å². The summed E-state index contributed by atoms with van der Waals surface area (Å²) >= 11 is 0. The Kier molecular flexibility index (Phi) is 7.68. The van der Waals surface area contributed by atoms with E-state index in [9.17, 15) is 9.59 Å². The molecule has 0 fully saturated rings. The van der Waals surface area contributed by atoms with Crippen molar-refractivity contribution < 1.29 is 14.3 Å². The molecule has 1 amide bonds. The Labute approximate surface area is 211 Å². The van der Waals surface area contributed by atoms with Gasteiger partial charge in [0.1, 0.15) is 5.65 Å². The second-order valence-corrected chi connectivity index (χ2v) is 9.31. The van der Waals surface area contributed by atoms with Crippen LogP contribution in [-0.2, 0) is 29.0 Å². The third-order valence-electron chi connectivity index (χ3n) is 6.04. The van der Waals surface area contributed by atoms with Crippen LogP contribution >= 0.6 is 0 Å². The maximum Gasteiger partial charge on any atom is 0.356 e. The standard InChI is InChI=1S/C29H32N4O3/c1-19(2)18-33-27(29(35)36-4)26(32-25(34)14-21-11-6-5-7-12-21)24-15-23(17-31-28(24)33)30-16-22-13-9-8-10-20(22)3/h5-13,15,17,19,30H,14,16,18H2,1-4H3,(H,32,34). The Balaban J connectivity index is 1.75. The molecule has 0 aliphatic rings. The van der Waals surface area contributed by atoms with Crippen molar-refractivity contribution in [3.05, 3.63) is 89.2 Å². The first-order valence-corrected chi connectivity index (χ1v) is 12.1. The van der Waals surface area contributed by atoms with Crippen LogP contribution in [0.2, 0.25) is 0 Å². The van der Waals surface area contributed by atoms with Crippen molar-refractivity contribution >= 4 is 34.3 Å². The second-order valence-electron chi connectivity index (χ2n) is 9.31. The van der Waals surface area contributed by atoms with Crippen molar-refractivity contribution in [3.8, 4) is 0 Å². The molecule has 7 heteroatoms. The van der Waals surface area contributed by atoms with Crippen LogP contribution in [0.15, 0.2) is 66.9 Å². The maximum absolute atomic E-state index is 13.0.